The Morgan fingerprint density at radius 3 is 2.30 bits per heavy atom. The van der Waals surface area contributed by atoms with Crippen molar-refractivity contribution in [3.8, 4) is 11.5 Å². The predicted molar refractivity (Wildman–Crippen MR) is 85.0 cm³/mol. The first kappa shape index (κ1) is 15.2. The number of nitrogens with two attached hydrogens (primary N) is 1. The summed E-state index contributed by atoms with van der Waals surface area (Å²) in [5.41, 5.74) is 7.80. The largest absolute Gasteiger partial charge is 0.457 e. The van der Waals surface area contributed by atoms with Gasteiger partial charge in [0.05, 0.1) is 0 Å². The van der Waals surface area contributed by atoms with E-state index in [4.69, 9.17) is 33.7 Å². The lowest BCUT2D eigenvalue weighted by molar-refractivity contribution is 0.481. The maximum Gasteiger partial charge on any atom is 0.128 e. The Morgan fingerprint density at radius 2 is 1.70 bits per heavy atom. The normalized spacial score (nSPS) is 12.2. The molecule has 2 aromatic carbocycles. The van der Waals surface area contributed by atoms with Gasteiger partial charge in [0.25, 0.3) is 0 Å². The fourth-order valence-corrected chi connectivity index (χ4v) is 2.56. The summed E-state index contributed by atoms with van der Waals surface area (Å²) < 4.78 is 5.81. The average molecular weight is 310 g/mol. The highest BCUT2D eigenvalue weighted by Gasteiger charge is 2.08. The maximum atomic E-state index is 6.19. The number of hydrogen-bond donors (Lipinski definition) is 1. The number of halogens is 2. The molecule has 0 saturated carbocycles. The number of aryl methyl sites for hydroxylation is 1. The Hall–Kier alpha value is -1.22. The van der Waals surface area contributed by atoms with Crippen LogP contribution in [0.4, 0.5) is 0 Å². The molecule has 0 aromatic heterocycles. The Morgan fingerprint density at radius 1 is 1.05 bits per heavy atom. The van der Waals surface area contributed by atoms with Crippen LogP contribution in [0.1, 0.15) is 31.0 Å². The molecule has 0 aliphatic heterocycles. The lowest BCUT2D eigenvalue weighted by atomic mass is 10.1. The molecule has 0 aliphatic carbocycles. The van der Waals surface area contributed by atoms with Crippen molar-refractivity contribution in [3.05, 3.63) is 57.6 Å². The molecule has 2 rings (SSSR count). The highest BCUT2D eigenvalue weighted by molar-refractivity contribution is 6.31. The van der Waals surface area contributed by atoms with Crippen LogP contribution in [-0.4, -0.2) is 0 Å². The molecule has 2 N–H and O–H groups in total. The van der Waals surface area contributed by atoms with Gasteiger partial charge in [0.1, 0.15) is 11.5 Å². The van der Waals surface area contributed by atoms with Crippen molar-refractivity contribution in [2.75, 3.05) is 0 Å². The monoisotopic (exact) mass is 309 g/mol. The van der Waals surface area contributed by atoms with Crippen LogP contribution in [0.25, 0.3) is 0 Å². The topological polar surface area (TPSA) is 35.2 Å². The molecule has 20 heavy (non-hydrogen) atoms. The Labute approximate surface area is 129 Å². The van der Waals surface area contributed by atoms with Crippen LogP contribution in [0, 0.1) is 0 Å². The van der Waals surface area contributed by atoms with E-state index in [1.807, 2.05) is 37.3 Å². The number of rotatable bonds is 4. The SMILES string of the molecule is CCc1cc(Oc2ccc(C(C)N)c(Cl)c2)ccc1Cl. The van der Waals surface area contributed by atoms with Crippen molar-refractivity contribution >= 4 is 23.2 Å². The van der Waals surface area contributed by atoms with Gasteiger partial charge in [0.2, 0.25) is 0 Å². The molecule has 106 valence electrons. The minimum absolute atomic E-state index is 0.0984. The van der Waals surface area contributed by atoms with E-state index < -0.39 is 0 Å². The summed E-state index contributed by atoms with van der Waals surface area (Å²) in [6.45, 7) is 3.95. The van der Waals surface area contributed by atoms with Crippen molar-refractivity contribution in [3.63, 3.8) is 0 Å². The molecule has 0 aliphatic rings. The molecular weight excluding hydrogens is 293 g/mol. The molecule has 0 bridgehead atoms. The molecule has 0 fully saturated rings. The van der Waals surface area contributed by atoms with E-state index in [1.54, 1.807) is 6.07 Å². The van der Waals surface area contributed by atoms with E-state index in [2.05, 4.69) is 6.92 Å². The van der Waals surface area contributed by atoms with Crippen LogP contribution in [-0.2, 0) is 6.42 Å². The molecule has 4 heteroatoms. The molecule has 2 nitrogen and oxygen atoms in total. The molecule has 0 amide bonds. The van der Waals surface area contributed by atoms with Gasteiger partial charge in [-0.05, 0) is 54.8 Å². The zero-order valence-corrected chi connectivity index (χ0v) is 13.0. The minimum Gasteiger partial charge on any atom is -0.457 e. The van der Waals surface area contributed by atoms with E-state index in [0.717, 1.165) is 28.3 Å². The van der Waals surface area contributed by atoms with Crippen LogP contribution in [0.3, 0.4) is 0 Å². The standard InChI is InChI=1S/C16H17Cl2NO/c1-3-11-8-12(5-7-15(11)17)20-13-4-6-14(10(2)19)16(18)9-13/h4-10H,3,19H2,1-2H3. The summed E-state index contributed by atoms with van der Waals surface area (Å²) >= 11 is 12.3. The van der Waals surface area contributed by atoms with Crippen molar-refractivity contribution in [1.82, 2.24) is 0 Å². The van der Waals surface area contributed by atoms with Gasteiger partial charge in [-0.3, -0.25) is 0 Å². The van der Waals surface area contributed by atoms with E-state index in [1.165, 1.54) is 0 Å². The summed E-state index contributed by atoms with van der Waals surface area (Å²) in [6, 6.07) is 11.1. The Bertz CT molecular complexity index is 611. The lowest BCUT2D eigenvalue weighted by Gasteiger charge is -2.12. The van der Waals surface area contributed by atoms with Crippen LogP contribution in [0.5, 0.6) is 11.5 Å². The van der Waals surface area contributed by atoms with E-state index in [0.29, 0.717) is 10.8 Å². The first-order chi connectivity index (χ1) is 9.51. The van der Waals surface area contributed by atoms with Crippen LogP contribution in [0.2, 0.25) is 10.0 Å². The van der Waals surface area contributed by atoms with Gasteiger partial charge in [-0.25, -0.2) is 0 Å². The van der Waals surface area contributed by atoms with Crippen LogP contribution >= 0.6 is 23.2 Å². The van der Waals surface area contributed by atoms with Crippen molar-refractivity contribution < 1.29 is 4.74 Å². The molecule has 2 aromatic rings. The van der Waals surface area contributed by atoms with Gasteiger partial charge in [-0.1, -0.05) is 36.2 Å². The summed E-state index contributed by atoms with van der Waals surface area (Å²) in [7, 11) is 0. The smallest absolute Gasteiger partial charge is 0.128 e. The summed E-state index contributed by atoms with van der Waals surface area (Å²) in [5.74, 6) is 1.43. The molecule has 0 spiro atoms. The molecular formula is C16H17Cl2NO. The van der Waals surface area contributed by atoms with Crippen LogP contribution in [0.15, 0.2) is 36.4 Å². The van der Waals surface area contributed by atoms with E-state index >= 15 is 0 Å². The van der Waals surface area contributed by atoms with Crippen LogP contribution < -0.4 is 10.5 Å². The fourth-order valence-electron chi connectivity index (χ4n) is 1.96. The quantitative estimate of drug-likeness (QED) is 0.824. The van der Waals surface area contributed by atoms with Crippen molar-refractivity contribution in [2.24, 2.45) is 5.73 Å². The highest BCUT2D eigenvalue weighted by atomic mass is 35.5. The summed E-state index contributed by atoms with van der Waals surface area (Å²) in [5, 5.41) is 1.37. The van der Waals surface area contributed by atoms with Gasteiger partial charge in [-0.15, -0.1) is 0 Å². The van der Waals surface area contributed by atoms with E-state index in [-0.39, 0.29) is 6.04 Å². The minimum atomic E-state index is -0.0984. The second kappa shape index (κ2) is 6.49. The molecule has 0 saturated heterocycles. The van der Waals surface area contributed by atoms with Gasteiger partial charge in [-0.2, -0.15) is 0 Å². The Balaban J connectivity index is 2.24. The number of hydrogen-bond acceptors (Lipinski definition) is 2. The predicted octanol–water partition coefficient (Wildman–Crippen LogP) is 5.37. The van der Waals surface area contributed by atoms with Crippen molar-refractivity contribution in [2.45, 2.75) is 26.3 Å². The third-order valence-corrected chi connectivity index (χ3v) is 3.79. The molecule has 1 unspecified atom stereocenters. The number of ether oxygens (including phenoxy) is 1. The van der Waals surface area contributed by atoms with Gasteiger partial charge < -0.3 is 10.5 Å². The van der Waals surface area contributed by atoms with E-state index in [9.17, 15) is 0 Å². The molecule has 0 radical (unpaired) electrons. The molecule has 1 atom stereocenters. The zero-order chi connectivity index (χ0) is 14.7. The van der Waals surface area contributed by atoms with Gasteiger partial charge in [0.15, 0.2) is 0 Å². The van der Waals surface area contributed by atoms with Crippen molar-refractivity contribution in [1.29, 1.82) is 0 Å². The maximum absolute atomic E-state index is 6.19. The third-order valence-electron chi connectivity index (χ3n) is 3.10. The molecule has 0 heterocycles. The van der Waals surface area contributed by atoms with Gasteiger partial charge >= 0.3 is 0 Å². The zero-order valence-electron chi connectivity index (χ0n) is 11.5. The lowest BCUT2D eigenvalue weighted by Crippen LogP contribution is -2.05. The highest BCUT2D eigenvalue weighted by Crippen LogP contribution is 2.30. The first-order valence-corrected chi connectivity index (χ1v) is 7.28. The first-order valence-electron chi connectivity index (χ1n) is 6.52. The second-order valence-electron chi connectivity index (χ2n) is 4.68. The third kappa shape index (κ3) is 3.45. The van der Waals surface area contributed by atoms with Gasteiger partial charge in [0, 0.05) is 16.1 Å². The summed E-state index contributed by atoms with van der Waals surface area (Å²) in [6.07, 6.45) is 0.862. The number of benzene rings is 2. The summed E-state index contributed by atoms with van der Waals surface area (Å²) in [4.78, 5) is 0. The Kier molecular flexibility index (Phi) is 4.92. The fraction of sp³-hybridized carbons (Fsp3) is 0.250. The second-order valence-corrected chi connectivity index (χ2v) is 5.50. The average Bonchev–Trinajstić information content (AvgIpc) is 2.40.